The lowest BCUT2D eigenvalue weighted by atomic mass is 10.1. The van der Waals surface area contributed by atoms with Crippen LogP contribution in [0, 0.1) is 0 Å². The van der Waals surface area contributed by atoms with Crippen molar-refractivity contribution in [3.05, 3.63) is 29.8 Å². The summed E-state index contributed by atoms with van der Waals surface area (Å²) >= 11 is 0. The number of hydrogen-bond donors (Lipinski definition) is 2. The third-order valence-electron chi connectivity index (χ3n) is 3.78. The van der Waals surface area contributed by atoms with Crippen molar-refractivity contribution in [3.8, 4) is 5.75 Å². The lowest BCUT2D eigenvalue weighted by Crippen LogP contribution is -2.20. The lowest BCUT2D eigenvalue weighted by Gasteiger charge is -2.14. The Morgan fingerprint density at radius 1 is 1.00 bits per heavy atom. The molecule has 1 fully saturated rings. The molecule has 0 bridgehead atoms. The maximum atomic E-state index is 11.1. The number of carbonyl (C=O) groups excluding carboxylic acids is 1. The largest absolute Gasteiger partial charge is 0.494 e. The van der Waals surface area contributed by atoms with E-state index in [9.17, 15) is 4.79 Å². The molecule has 2 N–H and O–H groups in total. The van der Waals surface area contributed by atoms with Crippen LogP contribution in [-0.4, -0.2) is 59.1 Å². The molecule has 0 unspecified atom stereocenters. The number of rotatable bonds is 7. The zero-order chi connectivity index (χ0) is 18.7. The molecule has 1 aliphatic rings. The van der Waals surface area contributed by atoms with Crippen molar-refractivity contribution in [2.45, 2.75) is 32.6 Å². The van der Waals surface area contributed by atoms with Crippen LogP contribution in [0.4, 0.5) is 0 Å². The van der Waals surface area contributed by atoms with Gasteiger partial charge in [0.1, 0.15) is 5.75 Å². The van der Waals surface area contributed by atoms with E-state index >= 15 is 0 Å². The molecule has 0 aromatic heterocycles. The van der Waals surface area contributed by atoms with E-state index in [-0.39, 0.29) is 5.78 Å². The van der Waals surface area contributed by atoms with Gasteiger partial charge in [-0.3, -0.25) is 4.79 Å². The van der Waals surface area contributed by atoms with Crippen molar-refractivity contribution in [1.82, 2.24) is 4.90 Å². The van der Waals surface area contributed by atoms with Gasteiger partial charge in [0.05, 0.1) is 6.61 Å². The molecule has 1 heterocycles. The summed E-state index contributed by atoms with van der Waals surface area (Å²) in [6, 6.07) is 7.39. The van der Waals surface area contributed by atoms with Crippen LogP contribution in [0.3, 0.4) is 0 Å². The monoisotopic (exact) mass is 351 g/mol. The van der Waals surface area contributed by atoms with E-state index in [4.69, 9.17) is 24.5 Å². The molecule has 25 heavy (non-hydrogen) atoms. The molecule has 1 aliphatic heterocycles. The Morgan fingerprint density at radius 2 is 1.56 bits per heavy atom. The standard InChI is InChI=1S/C16H23NO2.C2H2O4/c1-14(18)15-6-8-16(9-7-15)19-13-5-4-12-17-10-2-3-11-17;3-1(4)2(5)6/h6-9H,2-5,10-13H2,1H3;(H,3,4)(H,5,6). The summed E-state index contributed by atoms with van der Waals surface area (Å²) < 4.78 is 5.68. The van der Waals surface area contributed by atoms with Crippen LogP contribution in [0.1, 0.15) is 43.0 Å². The van der Waals surface area contributed by atoms with Crippen molar-refractivity contribution >= 4 is 17.7 Å². The van der Waals surface area contributed by atoms with Crippen molar-refractivity contribution < 1.29 is 29.3 Å². The molecule has 0 aliphatic carbocycles. The van der Waals surface area contributed by atoms with Crippen molar-refractivity contribution in [3.63, 3.8) is 0 Å². The van der Waals surface area contributed by atoms with E-state index in [1.54, 1.807) is 6.92 Å². The maximum absolute atomic E-state index is 11.1. The molecule has 138 valence electrons. The molecule has 0 amide bonds. The van der Waals surface area contributed by atoms with E-state index in [0.717, 1.165) is 24.3 Å². The van der Waals surface area contributed by atoms with Gasteiger partial charge in [-0.1, -0.05) is 0 Å². The predicted octanol–water partition coefficient (Wildman–Crippen LogP) is 2.30. The van der Waals surface area contributed by atoms with Gasteiger partial charge in [0, 0.05) is 5.56 Å². The Hall–Kier alpha value is -2.41. The first-order valence-electron chi connectivity index (χ1n) is 8.32. The molecule has 7 heteroatoms. The van der Waals surface area contributed by atoms with Crippen LogP contribution >= 0.6 is 0 Å². The fraction of sp³-hybridized carbons (Fsp3) is 0.500. The van der Waals surface area contributed by atoms with Crippen LogP contribution < -0.4 is 4.74 Å². The second-order valence-corrected chi connectivity index (χ2v) is 5.80. The SMILES string of the molecule is CC(=O)c1ccc(OCCCCN2CCCC2)cc1.O=C(O)C(=O)O. The van der Waals surface area contributed by atoms with Crippen LogP contribution in [0.15, 0.2) is 24.3 Å². The number of ether oxygens (including phenoxy) is 1. The summed E-state index contributed by atoms with van der Waals surface area (Å²) in [6.45, 7) is 6.08. The van der Waals surface area contributed by atoms with Crippen LogP contribution in [-0.2, 0) is 9.59 Å². The Morgan fingerprint density at radius 3 is 2.04 bits per heavy atom. The number of nitrogens with zero attached hydrogens (tertiary/aromatic N) is 1. The van der Waals surface area contributed by atoms with Crippen LogP contribution in [0.2, 0.25) is 0 Å². The summed E-state index contributed by atoms with van der Waals surface area (Å²) in [6.07, 6.45) is 5.01. The quantitative estimate of drug-likeness (QED) is 0.441. The second-order valence-electron chi connectivity index (χ2n) is 5.80. The Bertz CT molecular complexity index is 551. The number of carboxylic acids is 2. The molecular formula is C18H25NO6. The molecule has 2 rings (SSSR count). The van der Waals surface area contributed by atoms with E-state index in [0.29, 0.717) is 0 Å². The first-order chi connectivity index (χ1) is 11.9. The van der Waals surface area contributed by atoms with E-state index in [1.165, 1.54) is 38.9 Å². The number of Topliss-reactive ketones (excluding diaryl/α,β-unsaturated/α-hetero) is 1. The molecule has 1 aromatic carbocycles. The third-order valence-corrected chi connectivity index (χ3v) is 3.78. The molecule has 7 nitrogen and oxygen atoms in total. The van der Waals surface area contributed by atoms with Gasteiger partial charge in [0.25, 0.3) is 0 Å². The number of benzene rings is 1. The number of unbranched alkanes of at least 4 members (excludes halogenated alkanes) is 1. The Kier molecular flexibility index (Phi) is 9.24. The molecule has 0 saturated carbocycles. The smallest absolute Gasteiger partial charge is 0.414 e. The Labute approximate surface area is 147 Å². The number of carboxylic acid groups (broad SMARTS) is 2. The molecule has 0 radical (unpaired) electrons. The van der Waals surface area contributed by atoms with Gasteiger partial charge in [0.2, 0.25) is 0 Å². The third kappa shape index (κ3) is 8.85. The van der Waals surface area contributed by atoms with Gasteiger partial charge in [-0.15, -0.1) is 0 Å². The molecule has 1 aromatic rings. The minimum absolute atomic E-state index is 0.0946. The number of ketones is 1. The van der Waals surface area contributed by atoms with Gasteiger partial charge < -0.3 is 19.8 Å². The summed E-state index contributed by atoms with van der Waals surface area (Å²) in [5.74, 6) is -2.70. The Balaban J connectivity index is 0.000000450. The van der Waals surface area contributed by atoms with Crippen LogP contribution in [0.25, 0.3) is 0 Å². The highest BCUT2D eigenvalue weighted by Crippen LogP contribution is 2.13. The molecule has 0 atom stereocenters. The van der Waals surface area contributed by atoms with E-state index < -0.39 is 11.9 Å². The highest BCUT2D eigenvalue weighted by atomic mass is 16.5. The summed E-state index contributed by atoms with van der Waals surface area (Å²) in [4.78, 5) is 31.9. The molecule has 0 spiro atoms. The second kappa shape index (κ2) is 11.2. The van der Waals surface area contributed by atoms with Crippen molar-refractivity contribution in [2.75, 3.05) is 26.2 Å². The number of carbonyl (C=O) groups is 3. The van der Waals surface area contributed by atoms with Crippen molar-refractivity contribution in [2.24, 2.45) is 0 Å². The highest BCUT2D eigenvalue weighted by molar-refractivity contribution is 6.27. The van der Waals surface area contributed by atoms with Gasteiger partial charge in [-0.25, -0.2) is 9.59 Å². The minimum Gasteiger partial charge on any atom is -0.494 e. The fourth-order valence-corrected chi connectivity index (χ4v) is 2.42. The maximum Gasteiger partial charge on any atom is 0.414 e. The van der Waals surface area contributed by atoms with Crippen LogP contribution in [0.5, 0.6) is 5.75 Å². The zero-order valence-corrected chi connectivity index (χ0v) is 14.4. The van der Waals surface area contributed by atoms with Gasteiger partial charge in [0.15, 0.2) is 5.78 Å². The highest BCUT2D eigenvalue weighted by Gasteiger charge is 2.10. The topological polar surface area (TPSA) is 104 Å². The number of likely N-dealkylation sites (tertiary alicyclic amines) is 1. The summed E-state index contributed by atoms with van der Waals surface area (Å²) in [7, 11) is 0. The van der Waals surface area contributed by atoms with Gasteiger partial charge in [-0.2, -0.15) is 0 Å². The first kappa shape index (κ1) is 20.6. The predicted molar refractivity (Wildman–Crippen MR) is 92.1 cm³/mol. The fourth-order valence-electron chi connectivity index (χ4n) is 2.42. The van der Waals surface area contributed by atoms with Gasteiger partial charge in [-0.05, 0) is 76.5 Å². The van der Waals surface area contributed by atoms with E-state index in [2.05, 4.69) is 4.90 Å². The van der Waals surface area contributed by atoms with Crippen molar-refractivity contribution in [1.29, 1.82) is 0 Å². The first-order valence-corrected chi connectivity index (χ1v) is 8.32. The summed E-state index contributed by atoms with van der Waals surface area (Å²) in [5.41, 5.74) is 0.737. The number of hydrogen-bond acceptors (Lipinski definition) is 5. The normalized spacial score (nSPS) is 13.6. The minimum atomic E-state index is -1.82. The van der Waals surface area contributed by atoms with E-state index in [1.807, 2.05) is 24.3 Å². The molecular weight excluding hydrogens is 326 g/mol. The molecule has 1 saturated heterocycles. The average Bonchev–Trinajstić information content (AvgIpc) is 3.09. The van der Waals surface area contributed by atoms with Gasteiger partial charge >= 0.3 is 11.9 Å². The summed E-state index contributed by atoms with van der Waals surface area (Å²) in [5, 5.41) is 14.8. The zero-order valence-electron chi connectivity index (χ0n) is 14.4. The lowest BCUT2D eigenvalue weighted by molar-refractivity contribution is -0.159. The average molecular weight is 351 g/mol. The number of aliphatic carboxylic acids is 2.